The summed E-state index contributed by atoms with van der Waals surface area (Å²) in [5.41, 5.74) is 0.866. The van der Waals surface area contributed by atoms with E-state index >= 15 is 0 Å². The Labute approximate surface area is 104 Å². The molecule has 0 aliphatic rings. The molecule has 1 N–H and O–H groups in total. The normalized spacial score (nSPS) is 10.8. The summed E-state index contributed by atoms with van der Waals surface area (Å²) in [5.74, 6) is 0.654. The highest BCUT2D eigenvalue weighted by Crippen LogP contribution is 2.06. The molecule has 0 fully saturated rings. The largest absolute Gasteiger partial charge is 0.347 e. The molecular weight excluding hydrogens is 232 g/mol. The zero-order chi connectivity index (χ0) is 13.3. The Hall–Kier alpha value is -2.11. The van der Waals surface area contributed by atoms with Crippen LogP contribution in [0.3, 0.4) is 0 Å². The topological polar surface area (TPSA) is 71.0 Å². The molecule has 0 radical (unpaired) electrons. The van der Waals surface area contributed by atoms with Crippen LogP contribution in [0.2, 0.25) is 0 Å². The highest BCUT2D eigenvalue weighted by atomic mass is 16.2. The van der Waals surface area contributed by atoms with Gasteiger partial charge in [-0.2, -0.15) is 0 Å². The molecule has 0 spiro atoms. The minimum atomic E-state index is -0.237. The van der Waals surface area contributed by atoms with Crippen molar-refractivity contribution >= 4 is 16.9 Å². The van der Waals surface area contributed by atoms with Crippen LogP contribution in [0.4, 0.5) is 0 Å². The Morgan fingerprint density at radius 2 is 2.22 bits per heavy atom. The summed E-state index contributed by atoms with van der Waals surface area (Å²) in [4.78, 5) is 32.5. The fourth-order valence-electron chi connectivity index (χ4n) is 1.67. The molecule has 0 aliphatic carbocycles. The van der Waals surface area contributed by atoms with Gasteiger partial charge in [0.2, 0.25) is 5.91 Å². The van der Waals surface area contributed by atoms with E-state index in [-0.39, 0.29) is 18.0 Å². The van der Waals surface area contributed by atoms with E-state index < -0.39 is 0 Å². The van der Waals surface area contributed by atoms with Crippen LogP contribution in [0, 0.1) is 0 Å². The number of H-pyrrole nitrogens is 1. The average molecular weight is 248 g/mol. The number of hydrogen-bond donors (Lipinski definition) is 1. The molecule has 0 saturated heterocycles. The van der Waals surface area contributed by atoms with Gasteiger partial charge in [0.1, 0.15) is 12.4 Å². The van der Waals surface area contributed by atoms with E-state index in [9.17, 15) is 9.59 Å². The summed E-state index contributed by atoms with van der Waals surface area (Å²) >= 11 is 0. The Morgan fingerprint density at radius 1 is 1.50 bits per heavy atom. The van der Waals surface area contributed by atoms with Crippen molar-refractivity contribution in [1.82, 2.24) is 19.4 Å². The number of likely N-dealkylation sites (N-methyl/N-ethyl adjacent to an activating group) is 1. The van der Waals surface area contributed by atoms with Gasteiger partial charge in [0.15, 0.2) is 5.52 Å². The van der Waals surface area contributed by atoms with Gasteiger partial charge in [0, 0.05) is 26.7 Å². The Kier molecular flexibility index (Phi) is 3.18. The van der Waals surface area contributed by atoms with Crippen LogP contribution in [-0.2, 0) is 17.8 Å². The van der Waals surface area contributed by atoms with Crippen LogP contribution >= 0.6 is 0 Å². The number of carbonyl (C=O) groups excluding carboxylic acids is 1. The van der Waals surface area contributed by atoms with Gasteiger partial charge in [-0.1, -0.05) is 6.92 Å². The molecular formula is C12H16N4O2. The second-order valence-electron chi connectivity index (χ2n) is 4.34. The van der Waals surface area contributed by atoms with Crippen molar-refractivity contribution < 1.29 is 4.79 Å². The first kappa shape index (κ1) is 12.3. The first-order valence-corrected chi connectivity index (χ1v) is 5.81. The fourth-order valence-corrected chi connectivity index (χ4v) is 1.67. The fraction of sp³-hybridized carbons (Fsp3) is 0.417. The number of amides is 1. The summed E-state index contributed by atoms with van der Waals surface area (Å²) < 4.78 is 1.38. The second kappa shape index (κ2) is 4.64. The van der Waals surface area contributed by atoms with Gasteiger partial charge in [-0.25, -0.2) is 4.98 Å². The van der Waals surface area contributed by atoms with Crippen LogP contribution in [0.25, 0.3) is 11.0 Å². The van der Waals surface area contributed by atoms with Crippen molar-refractivity contribution in [1.29, 1.82) is 0 Å². The van der Waals surface area contributed by atoms with E-state index in [2.05, 4.69) is 9.97 Å². The van der Waals surface area contributed by atoms with Gasteiger partial charge in [-0.15, -0.1) is 0 Å². The summed E-state index contributed by atoms with van der Waals surface area (Å²) in [5, 5.41) is 0. The lowest BCUT2D eigenvalue weighted by molar-refractivity contribution is -0.129. The lowest BCUT2D eigenvalue weighted by Gasteiger charge is -2.11. The molecule has 2 aromatic heterocycles. The number of imidazole rings is 1. The van der Waals surface area contributed by atoms with E-state index in [0.717, 1.165) is 12.2 Å². The second-order valence-corrected chi connectivity index (χ2v) is 4.34. The molecule has 0 saturated carbocycles. The summed E-state index contributed by atoms with van der Waals surface area (Å²) in [6, 6.07) is 1.77. The highest BCUT2D eigenvalue weighted by molar-refractivity contribution is 5.77. The number of aromatic nitrogens is 3. The van der Waals surface area contributed by atoms with Crippen molar-refractivity contribution in [2.45, 2.75) is 19.9 Å². The molecule has 2 rings (SSSR count). The Morgan fingerprint density at radius 3 is 2.83 bits per heavy atom. The van der Waals surface area contributed by atoms with Crippen LogP contribution in [0.1, 0.15) is 12.7 Å². The number of nitrogens with zero attached hydrogens (tertiary/aromatic N) is 3. The molecule has 0 aliphatic heterocycles. The van der Waals surface area contributed by atoms with Crippen LogP contribution in [0.5, 0.6) is 0 Å². The predicted octanol–water partition coefficient (Wildman–Crippen LogP) is 0.375. The molecule has 1 amide bonds. The molecule has 6 nitrogen and oxygen atoms in total. The number of pyridine rings is 1. The monoisotopic (exact) mass is 248 g/mol. The average Bonchev–Trinajstić information content (AvgIpc) is 2.76. The first-order chi connectivity index (χ1) is 8.52. The maximum atomic E-state index is 12.1. The standard InChI is InChI=1S/C12H16N4O2/c1-4-9-13-8-5-6-16(7-10(17)15(2)3)12(18)11(8)14-9/h5-6H,4,7H2,1-3H3,(H,13,14). The SMILES string of the molecule is CCc1nc2c(=O)n(CC(=O)N(C)C)ccc2[nH]1. The van der Waals surface area contributed by atoms with E-state index in [1.165, 1.54) is 9.47 Å². The third-order valence-electron chi connectivity index (χ3n) is 2.80. The van der Waals surface area contributed by atoms with Crippen molar-refractivity contribution in [3.05, 3.63) is 28.4 Å². The van der Waals surface area contributed by atoms with Gasteiger partial charge in [0.25, 0.3) is 5.56 Å². The van der Waals surface area contributed by atoms with Crippen LogP contribution < -0.4 is 5.56 Å². The van der Waals surface area contributed by atoms with Gasteiger partial charge < -0.3 is 14.5 Å². The number of aromatic amines is 1. The lowest BCUT2D eigenvalue weighted by Crippen LogP contribution is -2.31. The van der Waals surface area contributed by atoms with Crippen molar-refractivity contribution in [3.8, 4) is 0 Å². The van der Waals surface area contributed by atoms with Crippen molar-refractivity contribution in [2.24, 2.45) is 0 Å². The maximum absolute atomic E-state index is 12.1. The van der Waals surface area contributed by atoms with E-state index in [0.29, 0.717) is 11.0 Å². The number of nitrogens with one attached hydrogen (secondary N) is 1. The third kappa shape index (κ3) is 2.13. The number of hydrogen-bond acceptors (Lipinski definition) is 3. The number of aryl methyl sites for hydroxylation is 1. The zero-order valence-electron chi connectivity index (χ0n) is 10.7. The summed E-state index contributed by atoms with van der Waals surface area (Å²) in [7, 11) is 3.32. The summed E-state index contributed by atoms with van der Waals surface area (Å²) in [6.07, 6.45) is 2.36. The van der Waals surface area contributed by atoms with Crippen LogP contribution in [0.15, 0.2) is 17.1 Å². The smallest absolute Gasteiger partial charge is 0.279 e. The van der Waals surface area contributed by atoms with Crippen LogP contribution in [-0.4, -0.2) is 39.4 Å². The predicted molar refractivity (Wildman–Crippen MR) is 68.4 cm³/mol. The minimum Gasteiger partial charge on any atom is -0.347 e. The first-order valence-electron chi connectivity index (χ1n) is 5.81. The van der Waals surface area contributed by atoms with E-state index in [1.54, 1.807) is 26.4 Å². The molecule has 2 heterocycles. The van der Waals surface area contributed by atoms with E-state index in [4.69, 9.17) is 0 Å². The summed E-state index contributed by atoms with van der Waals surface area (Å²) in [6.45, 7) is 2.00. The van der Waals surface area contributed by atoms with Gasteiger partial charge in [-0.05, 0) is 6.07 Å². The van der Waals surface area contributed by atoms with Crippen molar-refractivity contribution in [2.75, 3.05) is 14.1 Å². The van der Waals surface area contributed by atoms with Gasteiger partial charge >= 0.3 is 0 Å². The molecule has 96 valence electrons. The third-order valence-corrected chi connectivity index (χ3v) is 2.80. The van der Waals surface area contributed by atoms with Crippen molar-refractivity contribution in [3.63, 3.8) is 0 Å². The number of rotatable bonds is 3. The molecule has 18 heavy (non-hydrogen) atoms. The Bertz CT molecular complexity index is 639. The van der Waals surface area contributed by atoms with Gasteiger partial charge in [0.05, 0.1) is 5.52 Å². The molecule has 0 atom stereocenters. The highest BCUT2D eigenvalue weighted by Gasteiger charge is 2.11. The quantitative estimate of drug-likeness (QED) is 0.853. The molecule has 2 aromatic rings. The molecule has 6 heteroatoms. The molecule has 0 bridgehead atoms. The number of carbonyl (C=O) groups is 1. The molecule has 0 unspecified atom stereocenters. The van der Waals surface area contributed by atoms with Gasteiger partial charge in [-0.3, -0.25) is 9.59 Å². The maximum Gasteiger partial charge on any atom is 0.279 e. The van der Waals surface area contributed by atoms with E-state index in [1.807, 2.05) is 6.92 Å². The number of fused-ring (bicyclic) bond motifs is 1. The minimum absolute atomic E-state index is 0.0378. The molecule has 0 aromatic carbocycles. The zero-order valence-corrected chi connectivity index (χ0v) is 10.7. The Balaban J connectivity index is 2.44. The lowest BCUT2D eigenvalue weighted by atomic mass is 10.4.